The van der Waals surface area contributed by atoms with Crippen molar-refractivity contribution >= 4 is 23.4 Å². The van der Waals surface area contributed by atoms with Crippen molar-refractivity contribution in [2.75, 3.05) is 30.5 Å². The van der Waals surface area contributed by atoms with Crippen LogP contribution in [-0.2, 0) is 9.53 Å². The largest absolute Gasteiger partial charge is 0.442 e. The summed E-state index contributed by atoms with van der Waals surface area (Å²) in [6, 6.07) is 4.39. The molecule has 1 fully saturated rings. The summed E-state index contributed by atoms with van der Waals surface area (Å²) >= 11 is 0. The SMILES string of the molecule is CNNc1ccc(N2CC(CNC(C)=O)OC2=O)cc1F. The Kier molecular flexibility index (Phi) is 4.59. The van der Waals surface area contributed by atoms with Gasteiger partial charge in [-0.1, -0.05) is 0 Å². The third kappa shape index (κ3) is 3.60. The molecule has 2 amide bonds. The average Bonchev–Trinajstić information content (AvgIpc) is 2.80. The summed E-state index contributed by atoms with van der Waals surface area (Å²) in [4.78, 5) is 24.0. The highest BCUT2D eigenvalue weighted by Crippen LogP contribution is 2.25. The predicted molar refractivity (Wildman–Crippen MR) is 75.4 cm³/mol. The quantitative estimate of drug-likeness (QED) is 0.701. The number of cyclic esters (lactones) is 1. The van der Waals surface area contributed by atoms with Gasteiger partial charge in [-0.2, -0.15) is 0 Å². The molecule has 0 radical (unpaired) electrons. The Morgan fingerprint density at radius 3 is 2.90 bits per heavy atom. The molecule has 0 bridgehead atoms. The lowest BCUT2D eigenvalue weighted by Crippen LogP contribution is -2.33. The maximum absolute atomic E-state index is 13.8. The minimum atomic E-state index is -0.556. The first-order valence-corrected chi connectivity index (χ1v) is 6.46. The Morgan fingerprint density at radius 1 is 1.52 bits per heavy atom. The van der Waals surface area contributed by atoms with Crippen LogP contribution >= 0.6 is 0 Å². The number of hydrazine groups is 1. The van der Waals surface area contributed by atoms with E-state index >= 15 is 0 Å². The maximum atomic E-state index is 13.8. The summed E-state index contributed by atoms with van der Waals surface area (Å²) < 4.78 is 18.9. The molecule has 2 rings (SSSR count). The Morgan fingerprint density at radius 2 is 2.29 bits per heavy atom. The first-order chi connectivity index (χ1) is 10.0. The van der Waals surface area contributed by atoms with E-state index in [-0.39, 0.29) is 24.7 Å². The summed E-state index contributed by atoms with van der Waals surface area (Å²) in [6.07, 6.45) is -1.00. The van der Waals surface area contributed by atoms with Crippen molar-refractivity contribution in [2.45, 2.75) is 13.0 Å². The van der Waals surface area contributed by atoms with E-state index in [2.05, 4.69) is 16.2 Å². The van der Waals surface area contributed by atoms with Gasteiger partial charge in [0.05, 0.1) is 24.5 Å². The van der Waals surface area contributed by atoms with E-state index in [1.165, 1.54) is 24.0 Å². The number of rotatable bonds is 5. The molecule has 1 unspecified atom stereocenters. The van der Waals surface area contributed by atoms with Gasteiger partial charge in [0.2, 0.25) is 5.91 Å². The lowest BCUT2D eigenvalue weighted by Gasteiger charge is -2.14. The number of anilines is 2. The fourth-order valence-corrected chi connectivity index (χ4v) is 2.00. The van der Waals surface area contributed by atoms with Crippen LogP contribution in [0, 0.1) is 5.82 Å². The summed E-state index contributed by atoms with van der Waals surface area (Å²) in [5.74, 6) is -0.682. The molecule has 1 aromatic carbocycles. The van der Waals surface area contributed by atoms with E-state index in [0.717, 1.165) is 0 Å². The molecule has 1 atom stereocenters. The maximum Gasteiger partial charge on any atom is 0.414 e. The molecular formula is C13H17FN4O3. The minimum Gasteiger partial charge on any atom is -0.442 e. The topological polar surface area (TPSA) is 82.7 Å². The Hall–Kier alpha value is -2.35. The third-order valence-electron chi connectivity index (χ3n) is 2.98. The van der Waals surface area contributed by atoms with E-state index in [1.807, 2.05) is 0 Å². The van der Waals surface area contributed by atoms with Crippen molar-refractivity contribution in [3.05, 3.63) is 24.0 Å². The minimum absolute atomic E-state index is 0.196. The second-order valence-electron chi connectivity index (χ2n) is 4.59. The number of hydrogen-bond donors (Lipinski definition) is 3. The number of carbonyl (C=O) groups is 2. The van der Waals surface area contributed by atoms with Crippen LogP contribution in [0.4, 0.5) is 20.6 Å². The Balaban J connectivity index is 2.06. The monoisotopic (exact) mass is 296 g/mol. The molecule has 1 aromatic rings. The van der Waals surface area contributed by atoms with E-state index in [1.54, 1.807) is 13.1 Å². The number of carbonyl (C=O) groups excluding carboxylic acids is 2. The van der Waals surface area contributed by atoms with Crippen molar-refractivity contribution in [2.24, 2.45) is 0 Å². The van der Waals surface area contributed by atoms with Crippen molar-refractivity contribution < 1.29 is 18.7 Å². The van der Waals surface area contributed by atoms with E-state index in [4.69, 9.17) is 4.74 Å². The molecule has 0 aromatic heterocycles. The molecule has 1 aliphatic heterocycles. The summed E-state index contributed by atoms with van der Waals surface area (Å²) in [5.41, 5.74) is 5.95. The number of benzene rings is 1. The first kappa shape index (κ1) is 15.0. The molecule has 1 aliphatic rings. The molecule has 21 heavy (non-hydrogen) atoms. The van der Waals surface area contributed by atoms with Gasteiger partial charge in [0.25, 0.3) is 0 Å². The highest BCUT2D eigenvalue weighted by Gasteiger charge is 2.32. The number of ether oxygens (including phenoxy) is 1. The van der Waals surface area contributed by atoms with Gasteiger partial charge in [-0.15, -0.1) is 0 Å². The average molecular weight is 296 g/mol. The van der Waals surface area contributed by atoms with Gasteiger partial charge in [0.15, 0.2) is 0 Å². The normalized spacial score (nSPS) is 17.6. The fourth-order valence-electron chi connectivity index (χ4n) is 2.00. The van der Waals surface area contributed by atoms with Crippen LogP contribution in [0.2, 0.25) is 0 Å². The van der Waals surface area contributed by atoms with Gasteiger partial charge in [0, 0.05) is 14.0 Å². The number of nitrogens with zero attached hydrogens (tertiary/aromatic N) is 1. The summed E-state index contributed by atoms with van der Waals surface area (Å²) in [7, 11) is 1.62. The van der Waals surface area contributed by atoms with Crippen LogP contribution in [0.25, 0.3) is 0 Å². The van der Waals surface area contributed by atoms with Crippen LogP contribution in [0.1, 0.15) is 6.92 Å². The molecule has 8 heteroatoms. The van der Waals surface area contributed by atoms with Gasteiger partial charge in [-0.05, 0) is 18.2 Å². The lowest BCUT2D eigenvalue weighted by molar-refractivity contribution is -0.119. The molecule has 3 N–H and O–H groups in total. The van der Waals surface area contributed by atoms with Crippen molar-refractivity contribution in [3.8, 4) is 0 Å². The molecule has 0 spiro atoms. The summed E-state index contributed by atoms with van der Waals surface area (Å²) in [6.45, 7) is 1.88. The van der Waals surface area contributed by atoms with E-state index < -0.39 is 18.0 Å². The van der Waals surface area contributed by atoms with Crippen molar-refractivity contribution in [1.82, 2.24) is 10.7 Å². The molecule has 0 aliphatic carbocycles. The van der Waals surface area contributed by atoms with Crippen LogP contribution in [0.5, 0.6) is 0 Å². The zero-order valence-corrected chi connectivity index (χ0v) is 11.8. The molecule has 114 valence electrons. The van der Waals surface area contributed by atoms with E-state index in [9.17, 15) is 14.0 Å². The predicted octanol–water partition coefficient (Wildman–Crippen LogP) is 0.833. The second kappa shape index (κ2) is 6.40. The van der Waals surface area contributed by atoms with Gasteiger partial charge in [-0.25, -0.2) is 14.6 Å². The zero-order chi connectivity index (χ0) is 15.4. The van der Waals surface area contributed by atoms with Gasteiger partial charge < -0.3 is 15.5 Å². The third-order valence-corrected chi connectivity index (χ3v) is 2.98. The van der Waals surface area contributed by atoms with Crippen LogP contribution < -0.4 is 21.1 Å². The summed E-state index contributed by atoms with van der Waals surface area (Å²) in [5, 5.41) is 2.58. The van der Waals surface area contributed by atoms with Gasteiger partial charge in [0.1, 0.15) is 11.9 Å². The van der Waals surface area contributed by atoms with Gasteiger partial charge in [-0.3, -0.25) is 9.69 Å². The Labute approximate surface area is 121 Å². The zero-order valence-electron chi connectivity index (χ0n) is 11.8. The number of halogens is 1. The Bertz CT molecular complexity index is 552. The standard InChI is InChI=1S/C13H17FN4O3/c1-8(19)16-6-10-7-18(13(20)21-10)9-3-4-12(17-15-2)11(14)5-9/h3-5,10,15,17H,6-7H2,1-2H3,(H,16,19). The highest BCUT2D eigenvalue weighted by molar-refractivity contribution is 5.90. The number of nitrogens with one attached hydrogen (secondary N) is 3. The van der Waals surface area contributed by atoms with Gasteiger partial charge >= 0.3 is 6.09 Å². The van der Waals surface area contributed by atoms with Crippen LogP contribution in [0.3, 0.4) is 0 Å². The smallest absolute Gasteiger partial charge is 0.414 e. The first-order valence-electron chi connectivity index (χ1n) is 6.46. The fraction of sp³-hybridized carbons (Fsp3) is 0.385. The molecule has 7 nitrogen and oxygen atoms in total. The van der Waals surface area contributed by atoms with Crippen molar-refractivity contribution in [1.29, 1.82) is 0 Å². The number of hydrogen-bond acceptors (Lipinski definition) is 5. The highest BCUT2D eigenvalue weighted by atomic mass is 19.1. The second-order valence-corrected chi connectivity index (χ2v) is 4.59. The lowest BCUT2D eigenvalue weighted by atomic mass is 10.2. The molecule has 1 heterocycles. The number of amides is 2. The molecule has 0 saturated carbocycles. The molecule has 1 saturated heterocycles. The van der Waals surface area contributed by atoms with Crippen LogP contribution in [-0.4, -0.2) is 38.2 Å². The molecular weight excluding hydrogens is 279 g/mol. The van der Waals surface area contributed by atoms with Crippen molar-refractivity contribution in [3.63, 3.8) is 0 Å². The van der Waals surface area contributed by atoms with Crippen LogP contribution in [0.15, 0.2) is 18.2 Å². The van der Waals surface area contributed by atoms with E-state index in [0.29, 0.717) is 5.69 Å².